The van der Waals surface area contributed by atoms with Crippen molar-refractivity contribution in [1.29, 1.82) is 0 Å². The molecule has 0 radical (unpaired) electrons. The first-order valence-electron chi connectivity index (χ1n) is 10.5. The van der Waals surface area contributed by atoms with E-state index in [0.29, 0.717) is 13.0 Å². The number of rotatable bonds is 7. The molecule has 0 saturated heterocycles. The van der Waals surface area contributed by atoms with Gasteiger partial charge in [-0.1, -0.05) is 0 Å². The number of nitrogens with one attached hydrogen (secondary N) is 1. The number of methoxy groups -OCH3 is 1. The Bertz CT molecular complexity index is 699. The van der Waals surface area contributed by atoms with Crippen LogP contribution in [0.2, 0.25) is 0 Å². The smallest absolute Gasteiger partial charge is 0.240 e. The number of hydrazone groups is 1. The van der Waals surface area contributed by atoms with E-state index in [1.54, 1.807) is 13.3 Å². The summed E-state index contributed by atoms with van der Waals surface area (Å²) in [6.45, 7) is 5.70. The summed E-state index contributed by atoms with van der Waals surface area (Å²) in [5.41, 5.74) is 6.47. The minimum Gasteiger partial charge on any atom is -0.383 e. The molecule has 0 aliphatic heterocycles. The predicted octanol–water partition coefficient (Wildman–Crippen LogP) is 3.81. The lowest BCUT2D eigenvalue weighted by Gasteiger charge is -2.56. The summed E-state index contributed by atoms with van der Waals surface area (Å²) >= 11 is 0. The fourth-order valence-electron chi connectivity index (χ4n) is 6.55. The van der Waals surface area contributed by atoms with Crippen molar-refractivity contribution >= 4 is 12.1 Å². The van der Waals surface area contributed by atoms with Crippen LogP contribution >= 0.6 is 0 Å². The summed E-state index contributed by atoms with van der Waals surface area (Å²) in [6, 6.07) is 2.11. The number of hydrogen-bond acceptors (Lipinski definition) is 3. The van der Waals surface area contributed by atoms with Crippen molar-refractivity contribution in [1.82, 2.24) is 9.99 Å². The first-order valence-corrected chi connectivity index (χ1v) is 10.5. The van der Waals surface area contributed by atoms with E-state index in [-0.39, 0.29) is 11.3 Å². The molecule has 1 amide bonds. The molecule has 1 heterocycles. The number of carbonyl (C=O) groups is 1. The van der Waals surface area contributed by atoms with E-state index in [0.717, 1.165) is 35.6 Å². The van der Waals surface area contributed by atoms with Crippen LogP contribution in [0, 0.1) is 37.0 Å². The Morgan fingerprint density at radius 1 is 1.26 bits per heavy atom. The van der Waals surface area contributed by atoms with Gasteiger partial charge in [0.15, 0.2) is 0 Å². The molecule has 0 unspecified atom stereocenters. The molecule has 148 valence electrons. The predicted molar refractivity (Wildman–Crippen MR) is 107 cm³/mol. The first-order chi connectivity index (χ1) is 13.0. The van der Waals surface area contributed by atoms with E-state index in [1.165, 1.54) is 44.2 Å². The minimum atomic E-state index is 0.0846. The lowest BCUT2D eigenvalue weighted by molar-refractivity contribution is -0.129. The zero-order chi connectivity index (χ0) is 19.0. The summed E-state index contributed by atoms with van der Waals surface area (Å²) in [5.74, 6) is 2.72. The number of aryl methyl sites for hydroxylation is 1. The largest absolute Gasteiger partial charge is 0.383 e. The lowest BCUT2D eigenvalue weighted by Crippen LogP contribution is -2.47. The topological polar surface area (TPSA) is 55.6 Å². The minimum absolute atomic E-state index is 0.0846. The number of amides is 1. The van der Waals surface area contributed by atoms with Gasteiger partial charge in [0.2, 0.25) is 5.91 Å². The van der Waals surface area contributed by atoms with E-state index in [4.69, 9.17) is 4.74 Å². The van der Waals surface area contributed by atoms with Crippen molar-refractivity contribution in [3.63, 3.8) is 0 Å². The summed E-state index contributed by atoms with van der Waals surface area (Å²) in [5, 5.41) is 4.27. The molecule has 0 aromatic carbocycles. The normalized spacial score (nSPS) is 31.7. The maximum absolute atomic E-state index is 12.6. The van der Waals surface area contributed by atoms with Gasteiger partial charge >= 0.3 is 0 Å². The molecule has 1 N–H and O–H groups in total. The second-order valence-electron chi connectivity index (χ2n) is 9.36. The van der Waals surface area contributed by atoms with Gasteiger partial charge in [-0.3, -0.25) is 4.79 Å². The number of carbonyl (C=O) groups excluding carboxylic acids is 1. The van der Waals surface area contributed by atoms with E-state index < -0.39 is 0 Å². The van der Waals surface area contributed by atoms with E-state index >= 15 is 0 Å². The average molecular weight is 372 g/mol. The maximum atomic E-state index is 12.6. The van der Waals surface area contributed by atoms with Crippen LogP contribution in [0.1, 0.15) is 61.9 Å². The highest BCUT2D eigenvalue weighted by Gasteiger charge is 2.51. The van der Waals surface area contributed by atoms with Crippen molar-refractivity contribution < 1.29 is 9.53 Å². The number of nitrogens with zero attached hydrogens (tertiary/aromatic N) is 2. The molecule has 5 nitrogen and oxygen atoms in total. The molecule has 4 aliphatic rings. The van der Waals surface area contributed by atoms with Crippen LogP contribution < -0.4 is 5.43 Å². The second-order valence-corrected chi connectivity index (χ2v) is 9.36. The van der Waals surface area contributed by atoms with Gasteiger partial charge in [0.25, 0.3) is 0 Å². The van der Waals surface area contributed by atoms with Gasteiger partial charge in [0.05, 0.1) is 12.8 Å². The molecular formula is C22H33N3O2. The quantitative estimate of drug-likeness (QED) is 0.585. The standard InChI is InChI=1S/C22H33N3O2/c1-15-6-20(16(2)25(15)4-5-27-3)14-23-24-21(26)13-22-10-17-7-18(11-22)9-19(8-17)12-22/h6,14,17-19H,4-5,7-13H2,1-3H3,(H,24,26)/b23-14-. The Labute approximate surface area is 162 Å². The maximum Gasteiger partial charge on any atom is 0.240 e. The Morgan fingerprint density at radius 3 is 2.48 bits per heavy atom. The molecule has 27 heavy (non-hydrogen) atoms. The van der Waals surface area contributed by atoms with Crippen molar-refractivity contribution in [2.45, 2.75) is 65.3 Å². The molecular weight excluding hydrogens is 338 g/mol. The third-order valence-corrected chi connectivity index (χ3v) is 7.23. The van der Waals surface area contributed by atoms with Crippen LogP contribution in [-0.2, 0) is 16.1 Å². The second kappa shape index (κ2) is 7.42. The highest BCUT2D eigenvalue weighted by atomic mass is 16.5. The molecule has 1 aromatic rings. The monoisotopic (exact) mass is 371 g/mol. The average Bonchev–Trinajstić information content (AvgIpc) is 2.85. The number of aromatic nitrogens is 1. The Hall–Kier alpha value is -1.62. The molecule has 4 bridgehead atoms. The lowest BCUT2D eigenvalue weighted by atomic mass is 9.49. The van der Waals surface area contributed by atoms with Crippen molar-refractivity contribution in [3.8, 4) is 0 Å². The van der Waals surface area contributed by atoms with Crippen LogP contribution in [0.4, 0.5) is 0 Å². The third-order valence-electron chi connectivity index (χ3n) is 7.23. The van der Waals surface area contributed by atoms with E-state index in [1.807, 2.05) is 0 Å². The van der Waals surface area contributed by atoms with Gasteiger partial charge in [-0.25, -0.2) is 5.43 Å². The molecule has 0 spiro atoms. The molecule has 4 fully saturated rings. The zero-order valence-corrected chi connectivity index (χ0v) is 17.0. The van der Waals surface area contributed by atoms with E-state index in [9.17, 15) is 4.79 Å². The number of ether oxygens (including phenoxy) is 1. The van der Waals surface area contributed by atoms with Crippen LogP contribution in [0.5, 0.6) is 0 Å². The molecule has 4 saturated carbocycles. The zero-order valence-electron chi connectivity index (χ0n) is 17.0. The van der Waals surface area contributed by atoms with Gasteiger partial charge in [0, 0.05) is 37.0 Å². The highest BCUT2D eigenvalue weighted by molar-refractivity contribution is 5.84. The van der Waals surface area contributed by atoms with Crippen LogP contribution in [0.3, 0.4) is 0 Å². The van der Waals surface area contributed by atoms with Crippen molar-refractivity contribution in [3.05, 3.63) is 23.0 Å². The summed E-state index contributed by atoms with van der Waals surface area (Å²) in [6.07, 6.45) is 10.5. The molecule has 5 rings (SSSR count). The van der Waals surface area contributed by atoms with Gasteiger partial charge < -0.3 is 9.30 Å². The highest BCUT2D eigenvalue weighted by Crippen LogP contribution is 2.61. The Balaban J connectivity index is 1.34. The first kappa shape index (κ1) is 18.7. The van der Waals surface area contributed by atoms with Gasteiger partial charge in [-0.15, -0.1) is 0 Å². The fourth-order valence-corrected chi connectivity index (χ4v) is 6.55. The summed E-state index contributed by atoms with van der Waals surface area (Å²) in [7, 11) is 1.72. The Kier molecular flexibility index (Phi) is 5.15. The molecule has 4 aliphatic carbocycles. The summed E-state index contributed by atoms with van der Waals surface area (Å²) in [4.78, 5) is 12.6. The number of hydrogen-bond donors (Lipinski definition) is 1. The van der Waals surface area contributed by atoms with Crippen LogP contribution in [-0.4, -0.2) is 30.4 Å². The van der Waals surface area contributed by atoms with Crippen LogP contribution in [0.15, 0.2) is 11.2 Å². The third kappa shape index (κ3) is 3.84. The van der Waals surface area contributed by atoms with Gasteiger partial charge in [-0.05, 0) is 81.6 Å². The van der Waals surface area contributed by atoms with Crippen molar-refractivity contribution in [2.75, 3.05) is 13.7 Å². The summed E-state index contributed by atoms with van der Waals surface area (Å²) < 4.78 is 7.41. The Morgan fingerprint density at radius 2 is 1.89 bits per heavy atom. The SMILES string of the molecule is COCCn1c(C)cc(/C=N\NC(=O)CC23CC4CC(CC(C4)C2)C3)c1C. The molecule has 1 aromatic heterocycles. The molecule has 5 heteroatoms. The van der Waals surface area contributed by atoms with Gasteiger partial charge in [0.1, 0.15) is 0 Å². The van der Waals surface area contributed by atoms with E-state index in [2.05, 4.69) is 35.0 Å². The molecule has 0 atom stereocenters. The van der Waals surface area contributed by atoms with Crippen LogP contribution in [0.25, 0.3) is 0 Å². The fraction of sp³-hybridized carbons (Fsp3) is 0.727. The van der Waals surface area contributed by atoms with Gasteiger partial charge in [-0.2, -0.15) is 5.10 Å². The van der Waals surface area contributed by atoms with Crippen molar-refractivity contribution in [2.24, 2.45) is 28.3 Å².